The van der Waals surface area contributed by atoms with Gasteiger partial charge in [0.05, 0.1) is 11.1 Å². The predicted molar refractivity (Wildman–Crippen MR) is 65.9 cm³/mol. The fraction of sp³-hybridized carbons (Fsp3) is 0.417. The van der Waals surface area contributed by atoms with Crippen molar-refractivity contribution in [2.75, 3.05) is 6.26 Å². The van der Waals surface area contributed by atoms with Crippen LogP contribution in [-0.2, 0) is 4.79 Å². The minimum Gasteiger partial charge on any atom is -0.466 e. The highest BCUT2D eigenvalue weighted by molar-refractivity contribution is 8.13. The van der Waals surface area contributed by atoms with Crippen molar-refractivity contribution in [3.8, 4) is 6.07 Å². The third-order valence-electron chi connectivity index (χ3n) is 2.77. The third-order valence-corrected chi connectivity index (χ3v) is 3.54. The number of aryl methyl sites for hydroxylation is 1. The van der Waals surface area contributed by atoms with Crippen LogP contribution in [0.1, 0.15) is 23.9 Å². The number of thioether (sulfide) groups is 1. The van der Waals surface area contributed by atoms with Crippen LogP contribution in [-0.4, -0.2) is 17.2 Å². The van der Waals surface area contributed by atoms with E-state index in [2.05, 4.69) is 11.1 Å². The van der Waals surface area contributed by atoms with E-state index in [0.717, 1.165) is 5.76 Å². The molecule has 0 saturated heterocycles. The largest absolute Gasteiger partial charge is 0.466 e. The Morgan fingerprint density at radius 3 is 2.88 bits per heavy atom. The van der Waals surface area contributed by atoms with E-state index < -0.39 is 0 Å². The van der Waals surface area contributed by atoms with Gasteiger partial charge in [0.2, 0.25) is 5.91 Å². The van der Waals surface area contributed by atoms with Crippen LogP contribution in [0.2, 0.25) is 0 Å². The van der Waals surface area contributed by atoms with Gasteiger partial charge in [-0.2, -0.15) is 5.26 Å². The van der Waals surface area contributed by atoms with E-state index in [1.54, 1.807) is 0 Å². The van der Waals surface area contributed by atoms with Crippen molar-refractivity contribution in [1.82, 2.24) is 0 Å². The van der Waals surface area contributed by atoms with Crippen molar-refractivity contribution in [2.45, 2.75) is 19.3 Å². The van der Waals surface area contributed by atoms with Crippen LogP contribution < -0.4 is 0 Å². The topological polar surface area (TPSA) is 66.4 Å². The average molecular weight is 248 g/mol. The summed E-state index contributed by atoms with van der Waals surface area (Å²) in [4.78, 5) is 15.4. The lowest BCUT2D eigenvalue weighted by Gasteiger charge is -2.23. The van der Waals surface area contributed by atoms with E-state index in [-0.39, 0.29) is 24.2 Å². The number of nitriles is 1. The molecule has 1 aromatic heterocycles. The number of rotatable bonds is 1. The van der Waals surface area contributed by atoms with Crippen molar-refractivity contribution in [1.29, 1.82) is 5.26 Å². The molecule has 0 spiro atoms. The van der Waals surface area contributed by atoms with E-state index in [9.17, 15) is 10.1 Å². The molecule has 2 heterocycles. The van der Waals surface area contributed by atoms with Crippen molar-refractivity contribution in [2.24, 2.45) is 10.9 Å². The molecule has 1 aliphatic rings. The highest BCUT2D eigenvalue weighted by Gasteiger charge is 2.35. The van der Waals surface area contributed by atoms with Crippen LogP contribution in [0, 0.1) is 24.2 Å². The van der Waals surface area contributed by atoms with Gasteiger partial charge in [-0.05, 0) is 25.3 Å². The summed E-state index contributed by atoms with van der Waals surface area (Å²) in [6.45, 7) is 1.85. The summed E-state index contributed by atoms with van der Waals surface area (Å²) in [5.41, 5.74) is 0. The molecule has 1 aromatic rings. The Bertz CT molecular complexity index is 513. The van der Waals surface area contributed by atoms with Gasteiger partial charge < -0.3 is 4.42 Å². The summed E-state index contributed by atoms with van der Waals surface area (Å²) in [6, 6.07) is 5.90. The molecule has 2 unspecified atom stereocenters. The predicted octanol–water partition coefficient (Wildman–Crippen LogP) is 2.50. The SMILES string of the molecule is CSC1=NC(=O)CC(c2ccc(C)o2)C1C#N. The Labute approximate surface area is 104 Å². The average Bonchev–Trinajstić information content (AvgIpc) is 2.74. The van der Waals surface area contributed by atoms with Crippen molar-refractivity contribution < 1.29 is 9.21 Å². The molecule has 0 N–H and O–H groups in total. The Balaban J connectivity index is 2.38. The molecule has 1 amide bonds. The molecule has 2 rings (SSSR count). The monoisotopic (exact) mass is 248 g/mol. The third kappa shape index (κ3) is 2.27. The van der Waals surface area contributed by atoms with Crippen LogP contribution in [0.3, 0.4) is 0 Å². The second kappa shape index (κ2) is 4.76. The molecule has 0 radical (unpaired) electrons. The summed E-state index contributed by atoms with van der Waals surface area (Å²) < 4.78 is 5.53. The zero-order valence-electron chi connectivity index (χ0n) is 9.64. The van der Waals surface area contributed by atoms with Crippen LogP contribution in [0.4, 0.5) is 0 Å². The molecule has 0 saturated carbocycles. The van der Waals surface area contributed by atoms with Gasteiger partial charge in [-0.25, -0.2) is 4.99 Å². The van der Waals surface area contributed by atoms with Crippen LogP contribution in [0.25, 0.3) is 0 Å². The summed E-state index contributed by atoms with van der Waals surface area (Å²) in [7, 11) is 0. The molecule has 5 heteroatoms. The first-order chi connectivity index (χ1) is 8.15. The van der Waals surface area contributed by atoms with Gasteiger partial charge in [0, 0.05) is 12.3 Å². The molecule has 0 bridgehead atoms. The van der Waals surface area contributed by atoms with Crippen molar-refractivity contribution in [3.63, 3.8) is 0 Å². The zero-order chi connectivity index (χ0) is 12.4. The first kappa shape index (κ1) is 11.9. The van der Waals surface area contributed by atoms with E-state index in [1.807, 2.05) is 25.3 Å². The zero-order valence-corrected chi connectivity index (χ0v) is 10.5. The Hall–Kier alpha value is -1.54. The molecule has 0 fully saturated rings. The fourth-order valence-corrected chi connectivity index (χ4v) is 2.62. The van der Waals surface area contributed by atoms with E-state index in [1.165, 1.54) is 11.8 Å². The number of amides is 1. The van der Waals surface area contributed by atoms with E-state index in [0.29, 0.717) is 10.8 Å². The molecular weight excluding hydrogens is 236 g/mol. The lowest BCUT2D eigenvalue weighted by molar-refractivity contribution is -0.118. The van der Waals surface area contributed by atoms with Gasteiger partial charge in [-0.3, -0.25) is 4.79 Å². The molecule has 4 nitrogen and oxygen atoms in total. The molecule has 88 valence electrons. The van der Waals surface area contributed by atoms with Gasteiger partial charge in [0.15, 0.2) is 0 Å². The van der Waals surface area contributed by atoms with Crippen LogP contribution in [0.15, 0.2) is 21.5 Å². The molecule has 1 aliphatic heterocycles. The maximum Gasteiger partial charge on any atom is 0.247 e. The number of carbonyl (C=O) groups is 1. The van der Waals surface area contributed by atoms with Gasteiger partial charge in [0.25, 0.3) is 0 Å². The van der Waals surface area contributed by atoms with E-state index >= 15 is 0 Å². The van der Waals surface area contributed by atoms with Crippen molar-refractivity contribution in [3.05, 3.63) is 23.7 Å². The van der Waals surface area contributed by atoms with E-state index in [4.69, 9.17) is 4.42 Å². The first-order valence-electron chi connectivity index (χ1n) is 5.27. The summed E-state index contributed by atoms with van der Waals surface area (Å²) in [5.74, 6) is 0.718. The minimum atomic E-state index is -0.381. The Kier molecular flexibility index (Phi) is 3.34. The normalized spacial score (nSPS) is 24.3. The smallest absolute Gasteiger partial charge is 0.247 e. The number of aliphatic imine (C=N–C) groups is 1. The minimum absolute atomic E-state index is 0.181. The Morgan fingerprint density at radius 1 is 1.59 bits per heavy atom. The standard InChI is InChI=1S/C12H12N2O2S/c1-7-3-4-10(16-7)8-5-11(15)14-12(17-2)9(8)6-13/h3-4,8-9H,5H2,1-2H3. The van der Waals surface area contributed by atoms with Gasteiger partial charge in [0.1, 0.15) is 17.4 Å². The molecular formula is C12H12N2O2S. The molecule has 0 aromatic carbocycles. The second-order valence-electron chi connectivity index (χ2n) is 3.91. The fourth-order valence-electron chi connectivity index (χ4n) is 1.95. The lowest BCUT2D eigenvalue weighted by Crippen LogP contribution is -2.26. The van der Waals surface area contributed by atoms with Crippen molar-refractivity contribution >= 4 is 22.7 Å². The number of carbonyl (C=O) groups excluding carboxylic acids is 1. The summed E-state index contributed by atoms with van der Waals surface area (Å²) in [5, 5.41) is 9.81. The number of hydrogen-bond acceptors (Lipinski definition) is 4. The van der Waals surface area contributed by atoms with Gasteiger partial charge in [-0.15, -0.1) is 11.8 Å². The summed E-state index contributed by atoms with van der Waals surface area (Å²) >= 11 is 1.35. The highest BCUT2D eigenvalue weighted by atomic mass is 32.2. The first-order valence-corrected chi connectivity index (χ1v) is 6.49. The Morgan fingerprint density at radius 2 is 2.35 bits per heavy atom. The molecule has 17 heavy (non-hydrogen) atoms. The lowest BCUT2D eigenvalue weighted by atomic mass is 9.87. The van der Waals surface area contributed by atoms with Crippen LogP contribution in [0.5, 0.6) is 0 Å². The number of hydrogen-bond donors (Lipinski definition) is 0. The van der Waals surface area contributed by atoms with Crippen LogP contribution >= 0.6 is 11.8 Å². The quantitative estimate of drug-likeness (QED) is 0.765. The maximum atomic E-state index is 11.5. The second-order valence-corrected chi connectivity index (χ2v) is 4.74. The number of nitrogens with zero attached hydrogens (tertiary/aromatic N) is 2. The summed E-state index contributed by atoms with van der Waals surface area (Å²) in [6.07, 6.45) is 2.07. The molecule has 0 aliphatic carbocycles. The maximum absolute atomic E-state index is 11.5. The van der Waals surface area contributed by atoms with Gasteiger partial charge >= 0.3 is 0 Å². The molecule has 2 atom stereocenters. The number of furan rings is 1. The highest BCUT2D eigenvalue weighted by Crippen LogP contribution is 2.36. The van der Waals surface area contributed by atoms with Gasteiger partial charge in [-0.1, -0.05) is 0 Å².